The van der Waals surface area contributed by atoms with Crippen molar-refractivity contribution in [2.75, 3.05) is 12.0 Å². The Hall–Kier alpha value is -2.44. The Balaban J connectivity index is 1.90. The minimum atomic E-state index is -0.775. The molecule has 2 N–H and O–H groups in total. The fourth-order valence-corrected chi connectivity index (χ4v) is 5.20. The van der Waals surface area contributed by atoms with Crippen LogP contribution in [0.2, 0.25) is 0 Å². The highest BCUT2D eigenvalue weighted by atomic mass is 32.2. The van der Waals surface area contributed by atoms with Gasteiger partial charge in [-0.25, -0.2) is 4.79 Å². The van der Waals surface area contributed by atoms with Gasteiger partial charge in [-0.2, -0.15) is 0 Å². The summed E-state index contributed by atoms with van der Waals surface area (Å²) in [7, 11) is 0. The molecular weight excluding hydrogens is 390 g/mol. The average molecular weight is 414 g/mol. The van der Waals surface area contributed by atoms with Gasteiger partial charge in [0.1, 0.15) is 11.5 Å². The third kappa shape index (κ3) is 4.51. The van der Waals surface area contributed by atoms with Crippen LogP contribution < -0.4 is 15.2 Å². The summed E-state index contributed by atoms with van der Waals surface area (Å²) >= 11 is 3.29. The van der Waals surface area contributed by atoms with Crippen LogP contribution in [0.5, 0.6) is 11.5 Å². The van der Waals surface area contributed by atoms with Crippen LogP contribution >= 0.6 is 23.1 Å². The topological polar surface area (TPSA) is 61.5 Å². The first kappa shape index (κ1) is 20.3. The number of benzene rings is 2. The third-order valence-corrected chi connectivity index (χ3v) is 6.25. The number of thiophene rings is 1. The molecule has 2 aromatic carbocycles. The lowest BCUT2D eigenvalue weighted by Gasteiger charge is -2.22. The van der Waals surface area contributed by atoms with Gasteiger partial charge in [0.25, 0.3) is 0 Å². The predicted octanol–water partition coefficient (Wildman–Crippen LogP) is 6.59. The Morgan fingerprint density at radius 1 is 1.00 bits per heavy atom. The van der Waals surface area contributed by atoms with Crippen molar-refractivity contribution in [1.82, 2.24) is 0 Å². The van der Waals surface area contributed by atoms with E-state index in [1.54, 1.807) is 53.4 Å². The molecule has 6 heteroatoms. The SMILES string of the molecule is CSc1sc(N)c(-c2cccc(OC(=O)Oc3ccccc3)c2)c1C(C)(C)C. The number of nitrogen functional groups attached to an aromatic ring is 1. The Morgan fingerprint density at radius 2 is 1.64 bits per heavy atom. The number of para-hydroxylation sites is 1. The average Bonchev–Trinajstić information content (AvgIpc) is 2.99. The first-order valence-corrected chi connectivity index (χ1v) is 10.9. The van der Waals surface area contributed by atoms with E-state index in [1.807, 2.05) is 24.3 Å². The van der Waals surface area contributed by atoms with Crippen LogP contribution in [0.1, 0.15) is 26.3 Å². The lowest BCUT2D eigenvalue weighted by molar-refractivity contribution is 0.152. The van der Waals surface area contributed by atoms with Gasteiger partial charge in [0, 0.05) is 5.56 Å². The van der Waals surface area contributed by atoms with Crippen molar-refractivity contribution in [1.29, 1.82) is 0 Å². The second kappa shape index (κ2) is 8.29. The molecule has 0 bridgehead atoms. The molecule has 0 aliphatic heterocycles. The molecule has 0 fully saturated rings. The standard InChI is InChI=1S/C22H23NO3S2/c1-22(2,3)18-17(19(23)28-20(18)27-4)14-9-8-12-16(13-14)26-21(24)25-15-10-6-5-7-11-15/h5-13H,23H2,1-4H3. The summed E-state index contributed by atoms with van der Waals surface area (Å²) in [6.07, 6.45) is 1.28. The second-order valence-corrected chi connectivity index (χ2v) is 9.38. The predicted molar refractivity (Wildman–Crippen MR) is 118 cm³/mol. The summed E-state index contributed by atoms with van der Waals surface area (Å²) in [6, 6.07) is 16.2. The van der Waals surface area contributed by atoms with E-state index in [9.17, 15) is 4.79 Å². The van der Waals surface area contributed by atoms with Crippen molar-refractivity contribution < 1.29 is 14.3 Å². The lowest BCUT2D eigenvalue weighted by Crippen LogP contribution is -2.14. The normalized spacial score (nSPS) is 11.3. The zero-order valence-corrected chi connectivity index (χ0v) is 17.9. The van der Waals surface area contributed by atoms with Gasteiger partial charge in [-0.05, 0) is 47.1 Å². The summed E-state index contributed by atoms with van der Waals surface area (Å²) < 4.78 is 11.8. The maximum Gasteiger partial charge on any atom is 0.519 e. The highest BCUT2D eigenvalue weighted by Gasteiger charge is 2.27. The summed E-state index contributed by atoms with van der Waals surface area (Å²) in [4.78, 5) is 12.1. The van der Waals surface area contributed by atoms with Gasteiger partial charge in [-0.1, -0.05) is 51.1 Å². The molecule has 0 radical (unpaired) electrons. The maximum absolute atomic E-state index is 12.1. The first-order chi connectivity index (χ1) is 13.3. The van der Waals surface area contributed by atoms with Crippen LogP contribution in [-0.2, 0) is 5.41 Å². The molecular formula is C22H23NO3S2. The van der Waals surface area contributed by atoms with Crippen LogP contribution in [0.15, 0.2) is 58.8 Å². The fourth-order valence-electron chi connectivity index (χ4n) is 2.96. The van der Waals surface area contributed by atoms with Crippen LogP contribution in [0.25, 0.3) is 11.1 Å². The van der Waals surface area contributed by atoms with Crippen LogP contribution in [-0.4, -0.2) is 12.4 Å². The molecule has 0 amide bonds. The monoisotopic (exact) mass is 413 g/mol. The molecule has 28 heavy (non-hydrogen) atoms. The smallest absolute Gasteiger partial charge is 0.395 e. The first-order valence-electron chi connectivity index (χ1n) is 8.81. The van der Waals surface area contributed by atoms with Gasteiger partial charge in [-0.3, -0.25) is 0 Å². The number of rotatable bonds is 4. The van der Waals surface area contributed by atoms with Crippen LogP contribution in [0.4, 0.5) is 9.80 Å². The fraction of sp³-hybridized carbons (Fsp3) is 0.227. The second-order valence-electron chi connectivity index (χ2n) is 7.25. The molecule has 4 nitrogen and oxygen atoms in total. The minimum absolute atomic E-state index is 0.0646. The van der Waals surface area contributed by atoms with Gasteiger partial charge in [0.15, 0.2) is 0 Å². The van der Waals surface area contributed by atoms with Gasteiger partial charge in [-0.15, -0.1) is 23.1 Å². The quantitative estimate of drug-likeness (QED) is 0.297. The molecule has 146 valence electrons. The van der Waals surface area contributed by atoms with E-state index in [2.05, 4.69) is 27.0 Å². The molecule has 1 heterocycles. The number of carbonyl (C=O) groups excluding carboxylic acids is 1. The molecule has 1 aromatic heterocycles. The number of ether oxygens (including phenoxy) is 2. The van der Waals surface area contributed by atoms with E-state index in [-0.39, 0.29) is 5.41 Å². The number of hydrogen-bond acceptors (Lipinski definition) is 6. The van der Waals surface area contributed by atoms with Crippen molar-refractivity contribution >= 4 is 34.3 Å². The molecule has 0 aliphatic carbocycles. The zero-order valence-electron chi connectivity index (χ0n) is 16.3. The lowest BCUT2D eigenvalue weighted by atomic mass is 9.84. The molecule has 3 aromatic rings. The number of anilines is 1. The summed E-state index contributed by atoms with van der Waals surface area (Å²) in [5.74, 6) is 0.847. The third-order valence-electron chi connectivity index (χ3n) is 4.11. The number of hydrogen-bond donors (Lipinski definition) is 1. The van der Waals surface area contributed by atoms with Crippen LogP contribution in [0, 0.1) is 0 Å². The van der Waals surface area contributed by atoms with E-state index >= 15 is 0 Å². The van der Waals surface area contributed by atoms with Gasteiger partial charge in [0.05, 0.1) is 9.21 Å². The highest BCUT2D eigenvalue weighted by molar-refractivity contribution is 8.00. The van der Waals surface area contributed by atoms with E-state index in [1.165, 1.54) is 9.77 Å². The maximum atomic E-state index is 12.1. The molecule has 0 unspecified atom stereocenters. The van der Waals surface area contributed by atoms with E-state index in [0.717, 1.165) is 16.1 Å². The molecule has 0 aliphatic rings. The Bertz CT molecular complexity index is 975. The largest absolute Gasteiger partial charge is 0.519 e. The minimum Gasteiger partial charge on any atom is -0.395 e. The van der Waals surface area contributed by atoms with Gasteiger partial charge in [0.2, 0.25) is 0 Å². The van der Waals surface area contributed by atoms with Crippen molar-refractivity contribution in [3.05, 3.63) is 60.2 Å². The van der Waals surface area contributed by atoms with Gasteiger partial charge >= 0.3 is 6.16 Å². The van der Waals surface area contributed by atoms with E-state index in [0.29, 0.717) is 11.5 Å². The Kier molecular flexibility index (Phi) is 6.01. The molecule has 3 rings (SSSR count). The van der Waals surface area contributed by atoms with Crippen molar-refractivity contribution in [3.63, 3.8) is 0 Å². The molecule has 0 saturated carbocycles. The molecule has 0 spiro atoms. The number of nitrogens with two attached hydrogens (primary N) is 1. The zero-order chi connectivity index (χ0) is 20.3. The van der Waals surface area contributed by atoms with Crippen molar-refractivity contribution in [2.45, 2.75) is 30.4 Å². The molecule has 0 saturated heterocycles. The summed E-state index contributed by atoms with van der Waals surface area (Å²) in [5.41, 5.74) is 9.45. The molecule has 0 atom stereocenters. The van der Waals surface area contributed by atoms with E-state index in [4.69, 9.17) is 15.2 Å². The van der Waals surface area contributed by atoms with Crippen molar-refractivity contribution in [3.8, 4) is 22.6 Å². The Labute approximate surface area is 173 Å². The summed E-state index contributed by atoms with van der Waals surface area (Å²) in [6.45, 7) is 6.53. The highest BCUT2D eigenvalue weighted by Crippen LogP contribution is 2.48. The number of carbonyl (C=O) groups is 1. The summed E-state index contributed by atoms with van der Waals surface area (Å²) in [5, 5.41) is 0.762. The Morgan fingerprint density at radius 3 is 2.29 bits per heavy atom. The van der Waals surface area contributed by atoms with Crippen LogP contribution in [0.3, 0.4) is 0 Å². The number of thioether (sulfide) groups is 1. The van der Waals surface area contributed by atoms with Gasteiger partial charge < -0.3 is 15.2 Å². The van der Waals surface area contributed by atoms with E-state index < -0.39 is 6.16 Å². The van der Waals surface area contributed by atoms with Crippen molar-refractivity contribution in [2.24, 2.45) is 0 Å².